The molecule has 13 heavy (non-hydrogen) atoms. The van der Waals surface area contributed by atoms with Crippen molar-refractivity contribution in [1.29, 1.82) is 5.26 Å². The minimum atomic E-state index is 0.679. The largest absolute Gasteiger partial charge is 0.493 e. The molecule has 0 unspecified atom stereocenters. The SMILES string of the molecule is N#Cc1ccc(OCC2CC2)cc1. The molecule has 0 amide bonds. The van der Waals surface area contributed by atoms with Gasteiger partial charge in [-0.3, -0.25) is 0 Å². The highest BCUT2D eigenvalue weighted by atomic mass is 16.5. The maximum Gasteiger partial charge on any atom is 0.119 e. The summed E-state index contributed by atoms with van der Waals surface area (Å²) in [4.78, 5) is 0. The van der Waals surface area contributed by atoms with E-state index < -0.39 is 0 Å². The van der Waals surface area contributed by atoms with E-state index in [9.17, 15) is 0 Å². The van der Waals surface area contributed by atoms with Crippen LogP contribution in [0, 0.1) is 17.2 Å². The number of nitriles is 1. The lowest BCUT2D eigenvalue weighted by molar-refractivity contribution is 0.300. The molecule has 1 aromatic carbocycles. The fraction of sp³-hybridized carbons (Fsp3) is 0.364. The van der Waals surface area contributed by atoms with Crippen LogP contribution in [0.4, 0.5) is 0 Å². The maximum absolute atomic E-state index is 8.57. The van der Waals surface area contributed by atoms with Gasteiger partial charge in [0.25, 0.3) is 0 Å². The smallest absolute Gasteiger partial charge is 0.119 e. The fourth-order valence-electron chi connectivity index (χ4n) is 1.12. The minimum absolute atomic E-state index is 0.679. The van der Waals surface area contributed by atoms with Gasteiger partial charge in [-0.25, -0.2) is 0 Å². The summed E-state index contributed by atoms with van der Waals surface area (Å²) < 4.78 is 5.52. The normalized spacial score (nSPS) is 15.0. The molecule has 1 fully saturated rings. The monoisotopic (exact) mass is 173 g/mol. The topological polar surface area (TPSA) is 33.0 Å². The third-order valence-corrected chi connectivity index (χ3v) is 2.17. The van der Waals surface area contributed by atoms with Crippen molar-refractivity contribution in [3.05, 3.63) is 29.8 Å². The minimum Gasteiger partial charge on any atom is -0.493 e. The van der Waals surface area contributed by atoms with Gasteiger partial charge in [-0.2, -0.15) is 5.26 Å². The van der Waals surface area contributed by atoms with E-state index in [1.165, 1.54) is 12.8 Å². The second kappa shape index (κ2) is 3.49. The number of ether oxygens (including phenoxy) is 1. The van der Waals surface area contributed by atoms with E-state index in [1.54, 1.807) is 12.1 Å². The molecule has 66 valence electrons. The van der Waals surface area contributed by atoms with Crippen LogP contribution in [-0.4, -0.2) is 6.61 Å². The molecule has 0 N–H and O–H groups in total. The van der Waals surface area contributed by atoms with E-state index in [1.807, 2.05) is 12.1 Å². The number of hydrogen-bond donors (Lipinski definition) is 0. The summed E-state index contributed by atoms with van der Waals surface area (Å²) in [7, 11) is 0. The molecule has 0 atom stereocenters. The molecule has 1 saturated carbocycles. The average Bonchev–Trinajstić information content (AvgIpc) is 2.99. The van der Waals surface area contributed by atoms with E-state index in [0.29, 0.717) is 5.56 Å². The Kier molecular flexibility index (Phi) is 2.18. The van der Waals surface area contributed by atoms with E-state index in [-0.39, 0.29) is 0 Å². The summed E-state index contributed by atoms with van der Waals surface area (Å²) >= 11 is 0. The predicted octanol–water partition coefficient (Wildman–Crippen LogP) is 2.35. The summed E-state index contributed by atoms with van der Waals surface area (Å²) in [5, 5.41) is 8.57. The molecule has 0 radical (unpaired) electrons. The Morgan fingerprint density at radius 3 is 2.54 bits per heavy atom. The lowest BCUT2D eigenvalue weighted by atomic mass is 10.2. The molecule has 1 aliphatic carbocycles. The van der Waals surface area contributed by atoms with Crippen LogP contribution in [0.1, 0.15) is 18.4 Å². The Morgan fingerprint density at radius 1 is 1.31 bits per heavy atom. The van der Waals surface area contributed by atoms with Gasteiger partial charge < -0.3 is 4.74 Å². The molecule has 0 heterocycles. The first-order valence-electron chi connectivity index (χ1n) is 4.51. The molecular weight excluding hydrogens is 162 g/mol. The lowest BCUT2D eigenvalue weighted by Crippen LogP contribution is -1.98. The zero-order chi connectivity index (χ0) is 9.10. The van der Waals surface area contributed by atoms with Crippen molar-refractivity contribution in [2.24, 2.45) is 5.92 Å². The third kappa shape index (κ3) is 2.22. The average molecular weight is 173 g/mol. The molecule has 2 heteroatoms. The summed E-state index contributed by atoms with van der Waals surface area (Å²) in [6, 6.07) is 9.33. The summed E-state index contributed by atoms with van der Waals surface area (Å²) in [6.45, 7) is 0.825. The van der Waals surface area contributed by atoms with Crippen molar-refractivity contribution < 1.29 is 4.74 Å². The highest BCUT2D eigenvalue weighted by Gasteiger charge is 2.21. The highest BCUT2D eigenvalue weighted by molar-refractivity contribution is 5.34. The number of hydrogen-bond acceptors (Lipinski definition) is 2. The van der Waals surface area contributed by atoms with Gasteiger partial charge in [0.1, 0.15) is 5.75 Å². The summed E-state index contributed by atoms with van der Waals surface area (Å²) in [5.74, 6) is 1.64. The quantitative estimate of drug-likeness (QED) is 0.702. The van der Waals surface area contributed by atoms with E-state index >= 15 is 0 Å². The van der Waals surface area contributed by atoms with Gasteiger partial charge in [0.05, 0.1) is 18.2 Å². The Bertz CT molecular complexity index is 319. The van der Waals surface area contributed by atoms with Crippen LogP contribution in [0.5, 0.6) is 5.75 Å². The van der Waals surface area contributed by atoms with Crippen LogP contribution in [0.25, 0.3) is 0 Å². The number of benzene rings is 1. The molecule has 0 aliphatic heterocycles. The van der Waals surface area contributed by atoms with Gasteiger partial charge in [0.15, 0.2) is 0 Å². The van der Waals surface area contributed by atoms with Crippen molar-refractivity contribution in [3.63, 3.8) is 0 Å². The molecule has 1 aliphatic rings. The van der Waals surface area contributed by atoms with Crippen molar-refractivity contribution in [2.75, 3.05) is 6.61 Å². The third-order valence-electron chi connectivity index (χ3n) is 2.17. The van der Waals surface area contributed by atoms with E-state index in [0.717, 1.165) is 18.3 Å². The molecule has 0 saturated heterocycles. The Balaban J connectivity index is 1.93. The fourth-order valence-corrected chi connectivity index (χ4v) is 1.12. The molecule has 2 nitrogen and oxygen atoms in total. The molecule has 0 spiro atoms. The second-order valence-electron chi connectivity index (χ2n) is 3.39. The molecule has 0 bridgehead atoms. The van der Waals surface area contributed by atoms with Crippen molar-refractivity contribution in [1.82, 2.24) is 0 Å². The lowest BCUT2D eigenvalue weighted by Gasteiger charge is -2.03. The van der Waals surface area contributed by atoms with Gasteiger partial charge in [0.2, 0.25) is 0 Å². The van der Waals surface area contributed by atoms with E-state index in [4.69, 9.17) is 10.00 Å². The molecular formula is C11H11NO. The van der Waals surface area contributed by atoms with Crippen LogP contribution >= 0.6 is 0 Å². The Morgan fingerprint density at radius 2 is 2.00 bits per heavy atom. The zero-order valence-electron chi connectivity index (χ0n) is 7.36. The Hall–Kier alpha value is -1.49. The Labute approximate surface area is 77.8 Å². The van der Waals surface area contributed by atoms with Crippen LogP contribution in [-0.2, 0) is 0 Å². The van der Waals surface area contributed by atoms with Gasteiger partial charge in [0, 0.05) is 0 Å². The molecule has 2 rings (SSSR count). The highest BCUT2D eigenvalue weighted by Crippen LogP contribution is 2.29. The van der Waals surface area contributed by atoms with Gasteiger partial charge in [-0.15, -0.1) is 0 Å². The molecule has 0 aromatic heterocycles. The number of rotatable bonds is 3. The first-order valence-corrected chi connectivity index (χ1v) is 4.51. The first-order chi connectivity index (χ1) is 6.38. The van der Waals surface area contributed by atoms with Gasteiger partial charge in [-0.05, 0) is 43.0 Å². The second-order valence-corrected chi connectivity index (χ2v) is 3.39. The van der Waals surface area contributed by atoms with Crippen molar-refractivity contribution >= 4 is 0 Å². The predicted molar refractivity (Wildman–Crippen MR) is 49.4 cm³/mol. The standard InChI is InChI=1S/C11H11NO/c12-7-9-3-5-11(6-4-9)13-8-10-1-2-10/h3-6,10H,1-2,8H2. The van der Waals surface area contributed by atoms with Crippen molar-refractivity contribution in [3.8, 4) is 11.8 Å². The maximum atomic E-state index is 8.57. The van der Waals surface area contributed by atoms with E-state index in [2.05, 4.69) is 6.07 Å². The summed E-state index contributed by atoms with van der Waals surface area (Å²) in [5.41, 5.74) is 0.679. The number of nitrogens with zero attached hydrogens (tertiary/aromatic N) is 1. The first kappa shape index (κ1) is 8.12. The van der Waals surface area contributed by atoms with Crippen LogP contribution in [0.3, 0.4) is 0 Å². The van der Waals surface area contributed by atoms with Crippen LogP contribution < -0.4 is 4.74 Å². The van der Waals surface area contributed by atoms with Gasteiger partial charge >= 0.3 is 0 Å². The van der Waals surface area contributed by atoms with Crippen molar-refractivity contribution in [2.45, 2.75) is 12.8 Å². The van der Waals surface area contributed by atoms with Gasteiger partial charge in [-0.1, -0.05) is 0 Å². The summed E-state index contributed by atoms with van der Waals surface area (Å²) in [6.07, 6.45) is 2.60. The zero-order valence-corrected chi connectivity index (χ0v) is 7.36. The van der Waals surface area contributed by atoms with Crippen LogP contribution in [0.2, 0.25) is 0 Å². The van der Waals surface area contributed by atoms with Crippen LogP contribution in [0.15, 0.2) is 24.3 Å². The molecule has 1 aromatic rings.